The van der Waals surface area contributed by atoms with Crippen molar-refractivity contribution >= 4 is 24.0 Å². The largest absolute Gasteiger partial charge is 0.486 e. The number of fused-ring (bicyclic) bond motifs is 1. The molecule has 0 aliphatic carbocycles. The van der Waals surface area contributed by atoms with E-state index in [4.69, 9.17) is 26.8 Å². The van der Waals surface area contributed by atoms with E-state index < -0.39 is 0 Å². The summed E-state index contributed by atoms with van der Waals surface area (Å²) >= 11 is 6.24. The Bertz CT molecular complexity index is 463. The quantitative estimate of drug-likeness (QED) is 0.910. The smallest absolute Gasteiger partial charge is 0.179 e. The van der Waals surface area contributed by atoms with Gasteiger partial charge in [-0.15, -0.1) is 12.4 Å². The van der Waals surface area contributed by atoms with E-state index in [1.807, 2.05) is 12.1 Å². The number of hydrogen-bond donors (Lipinski definition) is 1. The number of nitrogens with two attached hydrogens (primary N) is 1. The second-order valence-corrected chi connectivity index (χ2v) is 5.62. The standard InChI is InChI=1S/C14H19ClN2O2.ClH/c15-12-7-10(8-13-14(12)19-6-5-18-13)9-17-3-1-11(16)2-4-17;/h7-8,11H,1-6,9,16H2;1H. The van der Waals surface area contributed by atoms with E-state index in [9.17, 15) is 0 Å². The van der Waals surface area contributed by atoms with Crippen molar-refractivity contribution in [3.63, 3.8) is 0 Å². The third-order valence-corrected chi connectivity index (χ3v) is 3.98. The first-order chi connectivity index (χ1) is 9.22. The van der Waals surface area contributed by atoms with Crippen LogP contribution in [0, 0.1) is 0 Å². The molecule has 20 heavy (non-hydrogen) atoms. The Morgan fingerprint density at radius 1 is 1.20 bits per heavy atom. The molecule has 2 N–H and O–H groups in total. The normalized spacial score (nSPS) is 19.5. The van der Waals surface area contributed by atoms with Gasteiger partial charge in [0.15, 0.2) is 11.5 Å². The highest BCUT2D eigenvalue weighted by molar-refractivity contribution is 6.32. The SMILES string of the molecule is Cl.NC1CCN(Cc2cc(Cl)c3c(c2)OCCO3)CC1. The fraction of sp³-hybridized carbons (Fsp3) is 0.571. The van der Waals surface area contributed by atoms with Gasteiger partial charge in [-0.25, -0.2) is 0 Å². The fourth-order valence-corrected chi connectivity index (χ4v) is 2.91. The van der Waals surface area contributed by atoms with Crippen molar-refractivity contribution in [2.75, 3.05) is 26.3 Å². The van der Waals surface area contributed by atoms with Gasteiger partial charge in [0, 0.05) is 12.6 Å². The van der Waals surface area contributed by atoms with E-state index in [0.717, 1.165) is 38.2 Å². The average molecular weight is 319 g/mol. The topological polar surface area (TPSA) is 47.7 Å². The molecule has 1 aromatic carbocycles. The summed E-state index contributed by atoms with van der Waals surface area (Å²) in [5.41, 5.74) is 7.09. The molecular formula is C14H20Cl2N2O2. The summed E-state index contributed by atoms with van der Waals surface area (Å²) in [6, 6.07) is 4.37. The lowest BCUT2D eigenvalue weighted by Gasteiger charge is -2.30. The Labute approximate surface area is 130 Å². The minimum absolute atomic E-state index is 0. The summed E-state index contributed by atoms with van der Waals surface area (Å²) in [4.78, 5) is 2.41. The number of nitrogens with zero attached hydrogens (tertiary/aromatic N) is 1. The zero-order valence-corrected chi connectivity index (χ0v) is 12.9. The van der Waals surface area contributed by atoms with Crippen LogP contribution in [0.4, 0.5) is 0 Å². The highest BCUT2D eigenvalue weighted by Crippen LogP contribution is 2.38. The number of rotatable bonds is 2. The van der Waals surface area contributed by atoms with Crippen LogP contribution in [-0.4, -0.2) is 37.2 Å². The Kier molecular flexibility index (Phi) is 5.38. The lowest BCUT2D eigenvalue weighted by Crippen LogP contribution is -2.39. The van der Waals surface area contributed by atoms with Gasteiger partial charge < -0.3 is 15.2 Å². The molecule has 4 nitrogen and oxygen atoms in total. The van der Waals surface area contributed by atoms with Crippen LogP contribution in [0.5, 0.6) is 11.5 Å². The zero-order chi connectivity index (χ0) is 13.2. The van der Waals surface area contributed by atoms with Crippen LogP contribution in [0.2, 0.25) is 5.02 Å². The van der Waals surface area contributed by atoms with E-state index in [-0.39, 0.29) is 12.4 Å². The van der Waals surface area contributed by atoms with Crippen molar-refractivity contribution < 1.29 is 9.47 Å². The predicted octanol–water partition coefficient (Wildman–Crippen LogP) is 2.46. The molecule has 0 spiro atoms. The number of ether oxygens (including phenoxy) is 2. The monoisotopic (exact) mass is 318 g/mol. The number of benzene rings is 1. The van der Waals surface area contributed by atoms with Crippen LogP contribution >= 0.6 is 24.0 Å². The molecule has 0 radical (unpaired) electrons. The number of piperidine rings is 1. The molecule has 2 aliphatic heterocycles. The van der Waals surface area contributed by atoms with Crippen LogP contribution in [0.3, 0.4) is 0 Å². The molecule has 2 aliphatic rings. The van der Waals surface area contributed by atoms with Gasteiger partial charge in [0.05, 0.1) is 5.02 Å². The maximum absolute atomic E-state index is 6.24. The van der Waals surface area contributed by atoms with E-state index in [2.05, 4.69) is 4.90 Å². The van der Waals surface area contributed by atoms with Crippen LogP contribution in [0.1, 0.15) is 18.4 Å². The molecule has 2 heterocycles. The van der Waals surface area contributed by atoms with Crippen molar-refractivity contribution in [2.24, 2.45) is 5.73 Å². The Hall–Kier alpha value is -0.680. The molecule has 1 saturated heterocycles. The van der Waals surface area contributed by atoms with Gasteiger partial charge in [-0.3, -0.25) is 4.90 Å². The van der Waals surface area contributed by atoms with Gasteiger partial charge in [-0.05, 0) is 43.6 Å². The second-order valence-electron chi connectivity index (χ2n) is 5.22. The predicted molar refractivity (Wildman–Crippen MR) is 82.2 cm³/mol. The summed E-state index contributed by atoms with van der Waals surface area (Å²) in [6.07, 6.45) is 2.14. The van der Waals surface area contributed by atoms with E-state index >= 15 is 0 Å². The average Bonchev–Trinajstić information content (AvgIpc) is 2.42. The summed E-state index contributed by atoms with van der Waals surface area (Å²) < 4.78 is 11.1. The number of halogens is 2. The van der Waals surface area contributed by atoms with E-state index in [1.54, 1.807) is 0 Å². The minimum Gasteiger partial charge on any atom is -0.486 e. The highest BCUT2D eigenvalue weighted by atomic mass is 35.5. The van der Waals surface area contributed by atoms with Gasteiger partial charge in [-0.1, -0.05) is 11.6 Å². The third kappa shape index (κ3) is 3.50. The maximum Gasteiger partial charge on any atom is 0.179 e. The first kappa shape index (κ1) is 15.7. The molecule has 6 heteroatoms. The van der Waals surface area contributed by atoms with Gasteiger partial charge in [-0.2, -0.15) is 0 Å². The summed E-state index contributed by atoms with van der Waals surface area (Å²) in [6.45, 7) is 4.14. The summed E-state index contributed by atoms with van der Waals surface area (Å²) in [7, 11) is 0. The van der Waals surface area contributed by atoms with Gasteiger partial charge in [0.2, 0.25) is 0 Å². The molecule has 112 valence electrons. The van der Waals surface area contributed by atoms with Crippen LogP contribution in [0.25, 0.3) is 0 Å². The van der Waals surface area contributed by atoms with Gasteiger partial charge >= 0.3 is 0 Å². The van der Waals surface area contributed by atoms with Crippen LogP contribution in [-0.2, 0) is 6.54 Å². The zero-order valence-electron chi connectivity index (χ0n) is 11.3. The van der Waals surface area contributed by atoms with Crippen molar-refractivity contribution in [1.82, 2.24) is 4.90 Å². The Morgan fingerprint density at radius 3 is 2.65 bits per heavy atom. The molecule has 1 fully saturated rings. The van der Waals surface area contributed by atoms with Gasteiger partial charge in [0.25, 0.3) is 0 Å². The Balaban J connectivity index is 0.00000147. The van der Waals surface area contributed by atoms with Gasteiger partial charge in [0.1, 0.15) is 13.2 Å². The minimum atomic E-state index is 0. The highest BCUT2D eigenvalue weighted by Gasteiger charge is 2.19. The van der Waals surface area contributed by atoms with Crippen LogP contribution < -0.4 is 15.2 Å². The first-order valence-electron chi connectivity index (χ1n) is 6.78. The lowest BCUT2D eigenvalue weighted by molar-refractivity contribution is 0.170. The number of hydrogen-bond acceptors (Lipinski definition) is 4. The van der Waals surface area contributed by atoms with Crippen molar-refractivity contribution in [3.8, 4) is 11.5 Å². The molecule has 0 saturated carbocycles. The molecule has 0 bridgehead atoms. The molecule has 0 unspecified atom stereocenters. The second kappa shape index (κ2) is 6.85. The van der Waals surface area contributed by atoms with Crippen LogP contribution in [0.15, 0.2) is 12.1 Å². The summed E-state index contributed by atoms with van der Waals surface area (Å²) in [5, 5.41) is 0.640. The van der Waals surface area contributed by atoms with Crippen molar-refractivity contribution in [3.05, 3.63) is 22.7 Å². The van der Waals surface area contributed by atoms with Crippen molar-refractivity contribution in [1.29, 1.82) is 0 Å². The van der Waals surface area contributed by atoms with Crippen molar-refractivity contribution in [2.45, 2.75) is 25.4 Å². The molecule has 0 amide bonds. The Morgan fingerprint density at radius 2 is 1.90 bits per heavy atom. The first-order valence-corrected chi connectivity index (χ1v) is 7.16. The molecule has 1 aromatic rings. The maximum atomic E-state index is 6.24. The molecule has 0 aromatic heterocycles. The molecular weight excluding hydrogens is 299 g/mol. The van der Waals surface area contributed by atoms with E-state index in [0.29, 0.717) is 30.0 Å². The third-order valence-electron chi connectivity index (χ3n) is 3.70. The number of likely N-dealkylation sites (tertiary alicyclic amines) is 1. The molecule has 3 rings (SSSR count). The summed E-state index contributed by atoms with van der Waals surface area (Å²) in [5.74, 6) is 1.44. The van der Waals surface area contributed by atoms with E-state index in [1.165, 1.54) is 5.56 Å². The fourth-order valence-electron chi connectivity index (χ4n) is 2.62. The lowest BCUT2D eigenvalue weighted by atomic mass is 10.1. The molecule has 0 atom stereocenters.